The number of alkyl halides is 3. The summed E-state index contributed by atoms with van der Waals surface area (Å²) in [6.45, 7) is -1.83. The molecule has 1 aromatic carbocycles. The molecule has 0 unspecified atom stereocenters. The van der Waals surface area contributed by atoms with Crippen molar-refractivity contribution in [2.75, 3.05) is 13.2 Å². The summed E-state index contributed by atoms with van der Waals surface area (Å²) < 4.78 is 41.4. The second-order valence-electron chi connectivity index (χ2n) is 5.20. The molecular weight excluding hydrogens is 351 g/mol. The maximum absolute atomic E-state index is 12.2. The first kappa shape index (κ1) is 19.2. The van der Waals surface area contributed by atoms with Crippen molar-refractivity contribution in [1.29, 1.82) is 0 Å². The van der Waals surface area contributed by atoms with Crippen LogP contribution in [0.2, 0.25) is 0 Å². The summed E-state index contributed by atoms with van der Waals surface area (Å²) in [7, 11) is 0. The molecule has 0 atom stereocenters. The Morgan fingerprint density at radius 1 is 1.04 bits per heavy atom. The number of halogens is 3. The number of rotatable bonds is 7. The number of nitrogens with zero attached hydrogens (tertiary/aromatic N) is 1. The molecule has 0 saturated heterocycles. The molecule has 0 aliphatic rings. The summed E-state index contributed by atoms with van der Waals surface area (Å²) in [5, 5.41) is 4.94. The number of aromatic nitrogens is 1. The fourth-order valence-corrected chi connectivity index (χ4v) is 1.95. The van der Waals surface area contributed by atoms with E-state index in [1.807, 2.05) is 0 Å². The molecule has 2 N–H and O–H groups in total. The number of nitrogens with one attached hydrogen (secondary N) is 2. The lowest BCUT2D eigenvalue weighted by atomic mass is 10.2. The van der Waals surface area contributed by atoms with Gasteiger partial charge >= 0.3 is 6.18 Å². The van der Waals surface area contributed by atoms with E-state index < -0.39 is 24.6 Å². The highest BCUT2D eigenvalue weighted by Crippen LogP contribution is 2.19. The summed E-state index contributed by atoms with van der Waals surface area (Å²) in [6, 6.07) is 11.4. The second kappa shape index (κ2) is 8.84. The highest BCUT2D eigenvalue weighted by atomic mass is 19.4. The molecule has 0 aliphatic carbocycles. The Morgan fingerprint density at radius 3 is 2.46 bits per heavy atom. The van der Waals surface area contributed by atoms with Crippen molar-refractivity contribution >= 4 is 11.8 Å². The van der Waals surface area contributed by atoms with E-state index in [0.717, 1.165) is 0 Å². The molecule has 0 saturated carbocycles. The molecule has 6 nitrogen and oxygen atoms in total. The molecule has 9 heteroatoms. The van der Waals surface area contributed by atoms with E-state index in [2.05, 4.69) is 20.4 Å². The third kappa shape index (κ3) is 6.42. The SMILES string of the molecule is O=C(CNC(=O)c1ccccc1)NCc1cccnc1OCC(F)(F)F. The van der Waals surface area contributed by atoms with Gasteiger partial charge in [0.05, 0.1) is 6.54 Å². The molecule has 2 aromatic rings. The zero-order valence-electron chi connectivity index (χ0n) is 13.5. The van der Waals surface area contributed by atoms with E-state index in [4.69, 9.17) is 0 Å². The Balaban J connectivity index is 1.83. The van der Waals surface area contributed by atoms with Gasteiger partial charge in [-0.25, -0.2) is 4.98 Å². The molecule has 138 valence electrons. The molecule has 0 spiro atoms. The van der Waals surface area contributed by atoms with Gasteiger partial charge in [0.15, 0.2) is 6.61 Å². The lowest BCUT2D eigenvalue weighted by Gasteiger charge is -2.12. The Kier molecular flexibility index (Phi) is 6.54. The van der Waals surface area contributed by atoms with E-state index in [0.29, 0.717) is 11.1 Å². The van der Waals surface area contributed by atoms with Crippen LogP contribution >= 0.6 is 0 Å². The largest absolute Gasteiger partial charge is 0.468 e. The molecule has 26 heavy (non-hydrogen) atoms. The average molecular weight is 367 g/mol. The van der Waals surface area contributed by atoms with Gasteiger partial charge in [0.1, 0.15) is 0 Å². The first-order valence-corrected chi connectivity index (χ1v) is 7.58. The first-order chi connectivity index (χ1) is 12.3. The van der Waals surface area contributed by atoms with Crippen LogP contribution in [0.1, 0.15) is 15.9 Å². The molecule has 0 aliphatic heterocycles. The maximum Gasteiger partial charge on any atom is 0.422 e. The fourth-order valence-electron chi connectivity index (χ4n) is 1.95. The van der Waals surface area contributed by atoms with Gasteiger partial charge in [0, 0.05) is 23.9 Å². The van der Waals surface area contributed by atoms with Crippen LogP contribution in [0.3, 0.4) is 0 Å². The minimum atomic E-state index is -4.49. The summed E-state index contributed by atoms with van der Waals surface area (Å²) in [5.74, 6) is -1.12. The minimum Gasteiger partial charge on any atom is -0.468 e. The molecule has 0 fully saturated rings. The van der Waals surface area contributed by atoms with Crippen LogP contribution in [0.4, 0.5) is 13.2 Å². The van der Waals surface area contributed by atoms with Crippen LogP contribution in [0.5, 0.6) is 5.88 Å². The van der Waals surface area contributed by atoms with Crippen LogP contribution < -0.4 is 15.4 Å². The molecular formula is C17H16F3N3O3. The predicted molar refractivity (Wildman–Crippen MR) is 86.4 cm³/mol. The molecule has 2 rings (SSSR count). The number of hydrogen-bond donors (Lipinski definition) is 2. The van der Waals surface area contributed by atoms with Crippen molar-refractivity contribution in [3.8, 4) is 5.88 Å². The Labute approximate surface area is 147 Å². The third-order valence-electron chi connectivity index (χ3n) is 3.14. The lowest BCUT2D eigenvalue weighted by molar-refractivity contribution is -0.154. The predicted octanol–water partition coefficient (Wildman–Crippen LogP) is 2.07. The Morgan fingerprint density at radius 2 is 1.77 bits per heavy atom. The number of pyridine rings is 1. The third-order valence-corrected chi connectivity index (χ3v) is 3.14. The van der Waals surface area contributed by atoms with Crippen molar-refractivity contribution in [2.24, 2.45) is 0 Å². The summed E-state index contributed by atoms with van der Waals surface area (Å²) in [4.78, 5) is 27.4. The number of carbonyl (C=O) groups excluding carboxylic acids is 2. The zero-order chi connectivity index (χ0) is 19.0. The van der Waals surface area contributed by atoms with E-state index >= 15 is 0 Å². The van der Waals surface area contributed by atoms with Gasteiger partial charge in [-0.05, 0) is 18.2 Å². The molecule has 0 bridgehead atoms. The van der Waals surface area contributed by atoms with Gasteiger partial charge < -0.3 is 15.4 Å². The number of benzene rings is 1. The monoisotopic (exact) mass is 367 g/mol. The molecule has 1 heterocycles. The maximum atomic E-state index is 12.2. The van der Waals surface area contributed by atoms with Crippen molar-refractivity contribution in [1.82, 2.24) is 15.6 Å². The quantitative estimate of drug-likeness (QED) is 0.785. The minimum absolute atomic E-state index is 0.0823. The van der Waals surface area contributed by atoms with Gasteiger partial charge in [-0.2, -0.15) is 13.2 Å². The van der Waals surface area contributed by atoms with Gasteiger partial charge in [0.2, 0.25) is 11.8 Å². The van der Waals surface area contributed by atoms with E-state index in [-0.39, 0.29) is 19.0 Å². The second-order valence-corrected chi connectivity index (χ2v) is 5.20. The standard InChI is InChI=1S/C17H16F3N3O3/c18-17(19,20)11-26-16-13(7-4-8-21-16)9-22-14(24)10-23-15(25)12-5-2-1-3-6-12/h1-8H,9-11H2,(H,22,24)(H,23,25). The van der Waals surface area contributed by atoms with Crippen molar-refractivity contribution < 1.29 is 27.5 Å². The smallest absolute Gasteiger partial charge is 0.422 e. The van der Waals surface area contributed by atoms with E-state index in [1.165, 1.54) is 18.3 Å². The molecule has 2 amide bonds. The summed E-state index contributed by atoms with van der Waals surface area (Å²) >= 11 is 0. The van der Waals surface area contributed by atoms with E-state index in [9.17, 15) is 22.8 Å². The highest BCUT2D eigenvalue weighted by Gasteiger charge is 2.29. The van der Waals surface area contributed by atoms with Crippen molar-refractivity contribution in [3.63, 3.8) is 0 Å². The topological polar surface area (TPSA) is 80.3 Å². The van der Waals surface area contributed by atoms with Crippen LogP contribution in [0, 0.1) is 0 Å². The van der Waals surface area contributed by atoms with Gasteiger partial charge in [-0.3, -0.25) is 9.59 Å². The van der Waals surface area contributed by atoms with Crippen molar-refractivity contribution in [2.45, 2.75) is 12.7 Å². The zero-order valence-corrected chi connectivity index (χ0v) is 13.5. The number of ether oxygens (including phenoxy) is 1. The van der Waals surface area contributed by atoms with Gasteiger partial charge in [-0.1, -0.05) is 24.3 Å². The first-order valence-electron chi connectivity index (χ1n) is 7.58. The normalized spacial score (nSPS) is 10.9. The lowest BCUT2D eigenvalue weighted by Crippen LogP contribution is -2.36. The number of hydrogen-bond acceptors (Lipinski definition) is 4. The van der Waals surface area contributed by atoms with Gasteiger partial charge in [0.25, 0.3) is 5.91 Å². The summed E-state index contributed by atoms with van der Waals surface area (Å²) in [6.07, 6.45) is -3.20. The van der Waals surface area contributed by atoms with Crippen LogP contribution in [0.25, 0.3) is 0 Å². The van der Waals surface area contributed by atoms with Crippen LogP contribution in [-0.4, -0.2) is 36.1 Å². The molecule has 1 aromatic heterocycles. The van der Waals surface area contributed by atoms with Crippen LogP contribution in [-0.2, 0) is 11.3 Å². The van der Waals surface area contributed by atoms with E-state index in [1.54, 1.807) is 30.3 Å². The highest BCUT2D eigenvalue weighted by molar-refractivity contribution is 5.96. The van der Waals surface area contributed by atoms with Crippen LogP contribution in [0.15, 0.2) is 48.7 Å². The molecule has 0 radical (unpaired) electrons. The number of carbonyl (C=O) groups is 2. The fraction of sp³-hybridized carbons (Fsp3) is 0.235. The van der Waals surface area contributed by atoms with Crippen molar-refractivity contribution in [3.05, 3.63) is 59.8 Å². The average Bonchev–Trinajstić information content (AvgIpc) is 2.63. The van der Waals surface area contributed by atoms with Gasteiger partial charge in [-0.15, -0.1) is 0 Å². The Bertz CT molecular complexity index is 752. The number of amides is 2. The summed E-state index contributed by atoms with van der Waals surface area (Å²) in [5.41, 5.74) is 0.704. The Hall–Kier alpha value is -3.10.